The van der Waals surface area contributed by atoms with Crippen LogP contribution in [-0.4, -0.2) is 9.55 Å². The van der Waals surface area contributed by atoms with Crippen LogP contribution in [0, 0.1) is 0 Å². The standard InChI is InChI=1S/C47H30N2S/c1-4-13-31(14-5-1)34-23-25-37-38-26-24-35(41-28-36(32-15-6-2-7-16-32)27-40(48-41)33-17-8-3-9-18-33)30-44(38)49(43(37)29-34)42-20-12-22-46-47(42)39-19-10-11-21-45(39)50-46/h1-30H. The minimum absolute atomic E-state index is 0.952. The molecule has 0 aliphatic heterocycles. The Morgan fingerprint density at radius 1 is 0.360 bits per heavy atom. The van der Waals surface area contributed by atoms with Crippen molar-refractivity contribution in [1.29, 1.82) is 0 Å². The number of pyridine rings is 1. The van der Waals surface area contributed by atoms with Gasteiger partial charge in [-0.2, -0.15) is 0 Å². The molecule has 7 aromatic carbocycles. The van der Waals surface area contributed by atoms with Crippen LogP contribution in [-0.2, 0) is 0 Å². The number of nitrogens with zero attached hydrogens (tertiary/aromatic N) is 2. The summed E-state index contributed by atoms with van der Waals surface area (Å²) in [5.41, 5.74) is 12.4. The van der Waals surface area contributed by atoms with E-state index in [0.29, 0.717) is 0 Å². The third-order valence-corrected chi connectivity index (χ3v) is 10.9. The monoisotopic (exact) mass is 654 g/mol. The van der Waals surface area contributed by atoms with Crippen LogP contribution in [0.4, 0.5) is 0 Å². The second-order valence-electron chi connectivity index (χ2n) is 12.8. The Morgan fingerprint density at radius 2 is 0.900 bits per heavy atom. The highest BCUT2D eigenvalue weighted by atomic mass is 32.1. The number of hydrogen-bond acceptors (Lipinski definition) is 2. The van der Waals surface area contributed by atoms with E-state index in [1.54, 1.807) is 0 Å². The summed E-state index contributed by atoms with van der Waals surface area (Å²) in [6.07, 6.45) is 0. The lowest BCUT2D eigenvalue weighted by Crippen LogP contribution is -1.96. The first-order chi connectivity index (χ1) is 24.8. The van der Waals surface area contributed by atoms with Crippen molar-refractivity contribution in [2.24, 2.45) is 0 Å². The smallest absolute Gasteiger partial charge is 0.0716 e. The van der Waals surface area contributed by atoms with Gasteiger partial charge in [-0.05, 0) is 64.7 Å². The van der Waals surface area contributed by atoms with E-state index in [1.807, 2.05) is 11.3 Å². The lowest BCUT2D eigenvalue weighted by molar-refractivity contribution is 1.20. The van der Waals surface area contributed by atoms with Crippen LogP contribution < -0.4 is 0 Å². The molecule has 234 valence electrons. The number of thiophene rings is 1. The van der Waals surface area contributed by atoms with Crippen molar-refractivity contribution >= 4 is 53.3 Å². The number of hydrogen-bond donors (Lipinski definition) is 0. The molecule has 10 aromatic rings. The Labute approximate surface area is 294 Å². The molecule has 0 N–H and O–H groups in total. The summed E-state index contributed by atoms with van der Waals surface area (Å²) in [6.45, 7) is 0. The highest BCUT2D eigenvalue weighted by Gasteiger charge is 2.19. The van der Waals surface area contributed by atoms with Gasteiger partial charge in [-0.15, -0.1) is 11.3 Å². The largest absolute Gasteiger partial charge is 0.309 e. The number of fused-ring (bicyclic) bond motifs is 6. The Bertz CT molecular complexity index is 2790. The molecular weight excluding hydrogens is 625 g/mol. The SMILES string of the molecule is c1ccc(-c2cc(-c3ccccc3)nc(-c3ccc4c5ccc(-c6ccccc6)cc5n(-c5cccc6sc7ccccc7c56)c4c3)c2)cc1. The van der Waals surface area contributed by atoms with Crippen LogP contribution in [0.15, 0.2) is 182 Å². The first kappa shape index (κ1) is 28.7. The summed E-state index contributed by atoms with van der Waals surface area (Å²) in [6, 6.07) is 65.5. The fourth-order valence-corrected chi connectivity index (χ4v) is 8.55. The quantitative estimate of drug-likeness (QED) is 0.181. The Kier molecular flexibility index (Phi) is 6.71. The maximum atomic E-state index is 5.29. The lowest BCUT2D eigenvalue weighted by Gasteiger charge is -2.13. The van der Waals surface area contributed by atoms with Gasteiger partial charge in [-0.3, -0.25) is 0 Å². The molecule has 2 nitrogen and oxygen atoms in total. The van der Waals surface area contributed by atoms with Gasteiger partial charge in [0.05, 0.1) is 28.1 Å². The van der Waals surface area contributed by atoms with Crippen molar-refractivity contribution in [3.63, 3.8) is 0 Å². The molecule has 0 atom stereocenters. The van der Waals surface area contributed by atoms with Gasteiger partial charge in [0.25, 0.3) is 0 Å². The maximum Gasteiger partial charge on any atom is 0.0716 e. The number of rotatable bonds is 5. The molecule has 3 aromatic heterocycles. The van der Waals surface area contributed by atoms with E-state index in [2.05, 4.69) is 187 Å². The van der Waals surface area contributed by atoms with E-state index < -0.39 is 0 Å². The van der Waals surface area contributed by atoms with Gasteiger partial charge in [-0.25, -0.2) is 4.98 Å². The topological polar surface area (TPSA) is 17.8 Å². The molecule has 50 heavy (non-hydrogen) atoms. The molecule has 0 aliphatic carbocycles. The summed E-state index contributed by atoms with van der Waals surface area (Å²) in [4.78, 5) is 5.29. The number of benzene rings is 7. The number of aromatic nitrogens is 2. The molecule has 10 rings (SSSR count). The van der Waals surface area contributed by atoms with Crippen molar-refractivity contribution in [2.75, 3.05) is 0 Å². The molecule has 0 fully saturated rings. The minimum atomic E-state index is 0.952. The van der Waals surface area contributed by atoms with E-state index in [-0.39, 0.29) is 0 Å². The Balaban J connectivity index is 1.27. The average Bonchev–Trinajstić information content (AvgIpc) is 3.74. The molecule has 0 radical (unpaired) electrons. The Morgan fingerprint density at radius 3 is 1.60 bits per heavy atom. The van der Waals surface area contributed by atoms with E-state index in [9.17, 15) is 0 Å². The van der Waals surface area contributed by atoms with Gasteiger partial charge in [0.2, 0.25) is 0 Å². The maximum absolute atomic E-state index is 5.29. The predicted octanol–water partition coefficient (Wildman–Crippen LogP) is 13.2. The molecule has 0 unspecified atom stereocenters. The van der Waals surface area contributed by atoms with Crippen molar-refractivity contribution in [2.45, 2.75) is 0 Å². The van der Waals surface area contributed by atoms with E-state index >= 15 is 0 Å². The van der Waals surface area contributed by atoms with Gasteiger partial charge in [-0.1, -0.05) is 140 Å². The molecule has 0 bridgehead atoms. The van der Waals surface area contributed by atoms with Crippen LogP contribution in [0.3, 0.4) is 0 Å². The van der Waals surface area contributed by atoms with Crippen molar-refractivity contribution in [3.05, 3.63) is 182 Å². The van der Waals surface area contributed by atoms with Gasteiger partial charge in [0.1, 0.15) is 0 Å². The summed E-state index contributed by atoms with van der Waals surface area (Å²) in [5.74, 6) is 0. The van der Waals surface area contributed by atoms with E-state index in [0.717, 1.165) is 28.1 Å². The van der Waals surface area contributed by atoms with Crippen molar-refractivity contribution in [3.8, 4) is 50.5 Å². The van der Waals surface area contributed by atoms with E-state index in [1.165, 1.54) is 64.4 Å². The highest BCUT2D eigenvalue weighted by Crippen LogP contribution is 2.42. The second-order valence-corrected chi connectivity index (χ2v) is 13.9. The highest BCUT2D eigenvalue weighted by molar-refractivity contribution is 7.25. The summed E-state index contributed by atoms with van der Waals surface area (Å²) >= 11 is 1.86. The van der Waals surface area contributed by atoms with Crippen LogP contribution >= 0.6 is 11.3 Å². The molecule has 0 amide bonds. The second kappa shape index (κ2) is 11.7. The zero-order valence-electron chi connectivity index (χ0n) is 27.1. The van der Waals surface area contributed by atoms with Gasteiger partial charge in [0.15, 0.2) is 0 Å². The van der Waals surface area contributed by atoms with Crippen LogP contribution in [0.5, 0.6) is 0 Å². The third kappa shape index (κ3) is 4.74. The van der Waals surface area contributed by atoms with Crippen molar-refractivity contribution in [1.82, 2.24) is 9.55 Å². The first-order valence-corrected chi connectivity index (χ1v) is 17.8. The van der Waals surface area contributed by atoms with Crippen molar-refractivity contribution < 1.29 is 0 Å². The molecule has 0 aliphatic rings. The van der Waals surface area contributed by atoms with Crippen LogP contribution in [0.25, 0.3) is 92.4 Å². The molecule has 0 saturated heterocycles. The summed E-state index contributed by atoms with van der Waals surface area (Å²) in [5, 5.41) is 5.04. The van der Waals surface area contributed by atoms with Gasteiger partial charge in [0, 0.05) is 42.1 Å². The van der Waals surface area contributed by atoms with Gasteiger partial charge < -0.3 is 4.57 Å². The Hall–Kier alpha value is -6.29. The normalized spacial score (nSPS) is 11.6. The predicted molar refractivity (Wildman–Crippen MR) is 213 cm³/mol. The van der Waals surface area contributed by atoms with Gasteiger partial charge >= 0.3 is 0 Å². The van der Waals surface area contributed by atoms with E-state index in [4.69, 9.17) is 4.98 Å². The molecule has 3 heterocycles. The molecule has 3 heteroatoms. The molecule has 0 saturated carbocycles. The fourth-order valence-electron chi connectivity index (χ4n) is 7.42. The third-order valence-electron chi connectivity index (χ3n) is 9.79. The molecular formula is C47H30N2S. The zero-order chi connectivity index (χ0) is 33.0. The summed E-state index contributed by atoms with van der Waals surface area (Å²) in [7, 11) is 0. The average molecular weight is 655 g/mol. The first-order valence-electron chi connectivity index (χ1n) is 17.0. The lowest BCUT2D eigenvalue weighted by atomic mass is 9.99. The van der Waals surface area contributed by atoms with Crippen LogP contribution in [0.2, 0.25) is 0 Å². The van der Waals surface area contributed by atoms with Crippen LogP contribution in [0.1, 0.15) is 0 Å². The zero-order valence-corrected chi connectivity index (χ0v) is 27.9. The molecule has 0 spiro atoms. The summed E-state index contributed by atoms with van der Waals surface area (Å²) < 4.78 is 5.08. The minimum Gasteiger partial charge on any atom is -0.309 e. The fraction of sp³-hybridized carbons (Fsp3) is 0.